The third-order valence-electron chi connectivity index (χ3n) is 4.91. The molecule has 0 saturated carbocycles. The van der Waals surface area contributed by atoms with Crippen LogP contribution in [0.15, 0.2) is 29.3 Å². The highest BCUT2D eigenvalue weighted by atomic mass is 16.1. The van der Waals surface area contributed by atoms with Crippen LogP contribution in [0, 0.1) is 5.92 Å². The molecule has 1 aliphatic heterocycles. The van der Waals surface area contributed by atoms with Gasteiger partial charge < -0.3 is 15.5 Å². The summed E-state index contributed by atoms with van der Waals surface area (Å²) in [6, 6.07) is 7.97. The third kappa shape index (κ3) is 6.04. The first-order valence-corrected chi connectivity index (χ1v) is 9.96. The largest absolute Gasteiger partial charge is 0.357 e. The fraction of sp³-hybridized carbons (Fsp3) is 0.619. The molecule has 0 aliphatic carbocycles. The van der Waals surface area contributed by atoms with Crippen molar-refractivity contribution in [1.82, 2.24) is 15.5 Å². The molecule has 0 bridgehead atoms. The molecular weight excluding hydrogens is 324 g/mol. The van der Waals surface area contributed by atoms with Crippen LogP contribution < -0.4 is 10.6 Å². The number of nitrogens with one attached hydrogen (secondary N) is 2. The lowest BCUT2D eigenvalue weighted by atomic mass is 10.0. The van der Waals surface area contributed by atoms with Gasteiger partial charge in [-0.05, 0) is 56.7 Å². The first kappa shape index (κ1) is 20.3. The molecule has 26 heavy (non-hydrogen) atoms. The maximum atomic E-state index is 12.2. The summed E-state index contributed by atoms with van der Waals surface area (Å²) in [5.74, 6) is 1.71. The lowest BCUT2D eigenvalue weighted by Gasteiger charge is -2.33. The normalized spacial score (nSPS) is 19.2. The van der Waals surface area contributed by atoms with Gasteiger partial charge in [0.25, 0.3) is 5.91 Å². The second-order valence-electron chi connectivity index (χ2n) is 7.34. The van der Waals surface area contributed by atoms with Gasteiger partial charge in [0, 0.05) is 31.2 Å². The minimum atomic E-state index is -0.00922. The second-order valence-corrected chi connectivity index (χ2v) is 7.34. The van der Waals surface area contributed by atoms with Crippen molar-refractivity contribution in [3.8, 4) is 0 Å². The van der Waals surface area contributed by atoms with Gasteiger partial charge in [-0.3, -0.25) is 4.79 Å². The van der Waals surface area contributed by atoms with Crippen molar-refractivity contribution in [2.24, 2.45) is 10.9 Å². The summed E-state index contributed by atoms with van der Waals surface area (Å²) in [6.07, 6.45) is 3.46. The van der Waals surface area contributed by atoms with Crippen LogP contribution in [0.2, 0.25) is 0 Å². The van der Waals surface area contributed by atoms with Crippen LogP contribution in [0.25, 0.3) is 0 Å². The van der Waals surface area contributed by atoms with Crippen LogP contribution in [0.3, 0.4) is 0 Å². The summed E-state index contributed by atoms with van der Waals surface area (Å²) in [7, 11) is 0. The van der Waals surface area contributed by atoms with Crippen molar-refractivity contribution in [1.29, 1.82) is 0 Å². The number of nitrogens with zero attached hydrogens (tertiary/aromatic N) is 2. The lowest BCUT2D eigenvalue weighted by molar-refractivity contribution is 0.0939. The molecule has 0 spiro atoms. The molecule has 144 valence electrons. The molecule has 1 aromatic carbocycles. The average Bonchev–Trinajstić information content (AvgIpc) is 2.65. The van der Waals surface area contributed by atoms with Crippen LogP contribution in [-0.4, -0.2) is 42.4 Å². The highest BCUT2D eigenvalue weighted by Gasteiger charge is 2.19. The lowest BCUT2D eigenvalue weighted by Crippen LogP contribution is -2.46. The smallest absolute Gasteiger partial charge is 0.251 e. The number of likely N-dealkylation sites (tertiary alicyclic amines) is 1. The number of rotatable bonds is 6. The van der Waals surface area contributed by atoms with Gasteiger partial charge in [0.1, 0.15) is 0 Å². The van der Waals surface area contributed by atoms with Crippen molar-refractivity contribution in [2.45, 2.75) is 59.5 Å². The van der Waals surface area contributed by atoms with E-state index in [1.54, 1.807) is 0 Å². The van der Waals surface area contributed by atoms with E-state index in [4.69, 9.17) is 4.99 Å². The number of hydrogen-bond acceptors (Lipinski definition) is 2. The molecule has 1 amide bonds. The zero-order chi connectivity index (χ0) is 18.9. The molecule has 0 aromatic heterocycles. The minimum Gasteiger partial charge on any atom is -0.357 e. The van der Waals surface area contributed by atoms with Crippen LogP contribution in [0.5, 0.6) is 0 Å². The van der Waals surface area contributed by atoms with Crippen molar-refractivity contribution in [3.63, 3.8) is 0 Å². The molecule has 2 atom stereocenters. The molecule has 2 N–H and O–H groups in total. The monoisotopic (exact) mass is 358 g/mol. The molecular formula is C21H34N4O. The molecule has 1 heterocycles. The Hall–Kier alpha value is -2.04. The average molecular weight is 359 g/mol. The zero-order valence-corrected chi connectivity index (χ0v) is 16.7. The van der Waals surface area contributed by atoms with E-state index in [1.807, 2.05) is 31.2 Å². The summed E-state index contributed by atoms with van der Waals surface area (Å²) in [4.78, 5) is 19.3. The van der Waals surface area contributed by atoms with Crippen LogP contribution in [0.1, 0.15) is 62.9 Å². The Morgan fingerprint density at radius 3 is 2.65 bits per heavy atom. The van der Waals surface area contributed by atoms with Gasteiger partial charge in [-0.1, -0.05) is 26.0 Å². The standard InChI is InChI=1S/C21H34N4O/c1-5-17(4)24-20(26)19-11-9-18(10-12-19)14-23-21(22-6-2)25-13-7-8-16(3)15-25/h9-12,16-17H,5-8,13-15H2,1-4H3,(H,22,23)(H,24,26). The topological polar surface area (TPSA) is 56.7 Å². The van der Waals surface area contributed by atoms with E-state index in [-0.39, 0.29) is 11.9 Å². The minimum absolute atomic E-state index is 0.00922. The first-order chi connectivity index (χ1) is 12.5. The Labute approximate surface area is 158 Å². The molecule has 5 nitrogen and oxygen atoms in total. The maximum absolute atomic E-state index is 12.2. The Balaban J connectivity index is 1.99. The van der Waals surface area contributed by atoms with Crippen molar-refractivity contribution >= 4 is 11.9 Å². The zero-order valence-electron chi connectivity index (χ0n) is 16.7. The highest BCUT2D eigenvalue weighted by Crippen LogP contribution is 2.16. The molecule has 5 heteroatoms. The number of piperidine rings is 1. The fourth-order valence-electron chi connectivity index (χ4n) is 3.14. The van der Waals surface area contributed by atoms with Crippen molar-refractivity contribution in [3.05, 3.63) is 35.4 Å². The maximum Gasteiger partial charge on any atom is 0.251 e. The van der Waals surface area contributed by atoms with Crippen LogP contribution in [0.4, 0.5) is 0 Å². The predicted octanol–water partition coefficient (Wildman–Crippen LogP) is 3.41. The second kappa shape index (κ2) is 10.2. The number of carbonyl (C=O) groups excluding carboxylic acids is 1. The number of hydrogen-bond donors (Lipinski definition) is 2. The van der Waals surface area contributed by atoms with E-state index in [9.17, 15) is 4.79 Å². The Morgan fingerprint density at radius 2 is 2.04 bits per heavy atom. The number of benzene rings is 1. The Kier molecular flexibility index (Phi) is 7.95. The van der Waals surface area contributed by atoms with Crippen LogP contribution >= 0.6 is 0 Å². The van der Waals surface area contributed by atoms with E-state index in [1.165, 1.54) is 12.8 Å². The fourth-order valence-corrected chi connectivity index (χ4v) is 3.14. The summed E-state index contributed by atoms with van der Waals surface area (Å²) in [5, 5.41) is 6.41. The molecule has 0 radical (unpaired) electrons. The van der Waals surface area contributed by atoms with Crippen molar-refractivity contribution in [2.75, 3.05) is 19.6 Å². The molecule has 2 unspecified atom stereocenters. The summed E-state index contributed by atoms with van der Waals surface area (Å²) in [6.45, 7) is 12.1. The van der Waals surface area contributed by atoms with Gasteiger partial charge in [-0.25, -0.2) is 4.99 Å². The number of amides is 1. The van der Waals surface area contributed by atoms with Gasteiger partial charge in [0.05, 0.1) is 6.54 Å². The first-order valence-electron chi connectivity index (χ1n) is 9.96. The Bertz CT molecular complexity index is 597. The third-order valence-corrected chi connectivity index (χ3v) is 4.91. The van der Waals surface area contributed by atoms with E-state index in [0.29, 0.717) is 12.1 Å². The summed E-state index contributed by atoms with van der Waals surface area (Å²) in [5.41, 5.74) is 1.82. The molecule has 1 aliphatic rings. The summed E-state index contributed by atoms with van der Waals surface area (Å²) < 4.78 is 0. The van der Waals surface area contributed by atoms with Gasteiger partial charge >= 0.3 is 0 Å². The van der Waals surface area contributed by atoms with Gasteiger partial charge in [-0.15, -0.1) is 0 Å². The van der Waals surface area contributed by atoms with Gasteiger partial charge in [0.2, 0.25) is 0 Å². The Morgan fingerprint density at radius 1 is 1.31 bits per heavy atom. The van der Waals surface area contributed by atoms with E-state index in [0.717, 1.165) is 43.5 Å². The van der Waals surface area contributed by atoms with E-state index >= 15 is 0 Å². The molecule has 2 rings (SSSR count). The van der Waals surface area contributed by atoms with E-state index < -0.39 is 0 Å². The van der Waals surface area contributed by atoms with Gasteiger partial charge in [0.15, 0.2) is 5.96 Å². The highest BCUT2D eigenvalue weighted by molar-refractivity contribution is 5.94. The number of guanidine groups is 1. The SMILES string of the molecule is CCNC(=NCc1ccc(C(=O)NC(C)CC)cc1)N1CCCC(C)C1. The number of aliphatic imine (C=N–C) groups is 1. The predicted molar refractivity (Wildman–Crippen MR) is 108 cm³/mol. The van der Waals surface area contributed by atoms with E-state index in [2.05, 4.69) is 36.3 Å². The number of carbonyl (C=O) groups is 1. The van der Waals surface area contributed by atoms with Gasteiger partial charge in [-0.2, -0.15) is 0 Å². The quantitative estimate of drug-likeness (QED) is 0.605. The molecule has 1 fully saturated rings. The summed E-state index contributed by atoms with van der Waals surface area (Å²) >= 11 is 0. The molecule has 1 aromatic rings. The van der Waals surface area contributed by atoms with Crippen LogP contribution in [-0.2, 0) is 6.54 Å². The molecule has 1 saturated heterocycles. The van der Waals surface area contributed by atoms with Crippen molar-refractivity contribution < 1.29 is 4.79 Å².